The van der Waals surface area contributed by atoms with Crippen LogP contribution in [0.15, 0.2) is 85.1 Å². The highest BCUT2D eigenvalue weighted by atomic mass is 16.6. The number of unbranched alkanes of at least 4 members (excludes halogenated alkanes) is 39. The van der Waals surface area contributed by atoms with Gasteiger partial charge in [-0.3, -0.25) is 14.4 Å². The number of hydrogen-bond donors (Lipinski definition) is 0. The minimum Gasteiger partial charge on any atom is -0.462 e. The second-order valence-corrected chi connectivity index (χ2v) is 23.4. The molecule has 1 atom stereocenters. The van der Waals surface area contributed by atoms with Gasteiger partial charge in [0.15, 0.2) is 6.10 Å². The van der Waals surface area contributed by atoms with Crippen LogP contribution in [0.4, 0.5) is 0 Å². The predicted octanol–water partition coefficient (Wildman–Crippen LogP) is 24.2. The molecule has 6 nitrogen and oxygen atoms in total. The second-order valence-electron chi connectivity index (χ2n) is 23.4. The van der Waals surface area contributed by atoms with Gasteiger partial charge in [0.1, 0.15) is 13.2 Å². The van der Waals surface area contributed by atoms with Gasteiger partial charge < -0.3 is 14.2 Å². The lowest BCUT2D eigenvalue weighted by molar-refractivity contribution is -0.167. The number of carbonyl (C=O) groups is 3. The fourth-order valence-electron chi connectivity index (χ4n) is 10.2. The molecule has 1 unspecified atom stereocenters. The van der Waals surface area contributed by atoms with Gasteiger partial charge in [-0.15, -0.1) is 0 Å². The molecule has 0 N–H and O–H groups in total. The van der Waals surface area contributed by atoms with Crippen molar-refractivity contribution in [2.75, 3.05) is 13.2 Å². The number of allylic oxidation sites excluding steroid dienone is 14. The van der Waals surface area contributed by atoms with Gasteiger partial charge >= 0.3 is 17.9 Å². The van der Waals surface area contributed by atoms with Crippen molar-refractivity contribution in [3.8, 4) is 0 Å². The van der Waals surface area contributed by atoms with E-state index in [1.54, 1.807) is 0 Å². The summed E-state index contributed by atoms with van der Waals surface area (Å²) in [5.74, 6) is -0.864. The molecule has 0 aromatic rings. The average Bonchev–Trinajstić information content (AvgIpc) is 3.47. The van der Waals surface area contributed by atoms with E-state index < -0.39 is 6.10 Å². The highest BCUT2D eigenvalue weighted by Gasteiger charge is 2.19. The highest BCUT2D eigenvalue weighted by Crippen LogP contribution is 2.17. The summed E-state index contributed by atoms with van der Waals surface area (Å²) in [5.41, 5.74) is 0. The quantitative estimate of drug-likeness (QED) is 0.0261. The Kier molecular flexibility index (Phi) is 66.2. The third-order valence-electron chi connectivity index (χ3n) is 15.4. The van der Waals surface area contributed by atoms with Crippen LogP contribution in [0.3, 0.4) is 0 Å². The van der Waals surface area contributed by atoms with Crippen molar-refractivity contribution >= 4 is 17.9 Å². The fourth-order valence-corrected chi connectivity index (χ4v) is 10.2. The van der Waals surface area contributed by atoms with Crippen LogP contribution in [-0.2, 0) is 28.6 Å². The molecule has 0 radical (unpaired) electrons. The maximum atomic E-state index is 12.9. The Morgan fingerprint density at radius 1 is 0.259 bits per heavy atom. The normalized spacial score (nSPS) is 12.6. The third kappa shape index (κ3) is 67.3. The molecule has 81 heavy (non-hydrogen) atoms. The Morgan fingerprint density at radius 2 is 0.481 bits per heavy atom. The maximum Gasteiger partial charge on any atom is 0.306 e. The Morgan fingerprint density at radius 3 is 0.765 bits per heavy atom. The number of esters is 3. The number of carbonyl (C=O) groups excluding carboxylic acids is 3. The van der Waals surface area contributed by atoms with Gasteiger partial charge in [-0.1, -0.05) is 324 Å². The Hall–Kier alpha value is -3.41. The van der Waals surface area contributed by atoms with E-state index >= 15 is 0 Å². The van der Waals surface area contributed by atoms with Gasteiger partial charge in [-0.25, -0.2) is 0 Å². The minimum atomic E-state index is -0.781. The van der Waals surface area contributed by atoms with Gasteiger partial charge in [-0.05, 0) is 96.3 Å². The molecule has 0 spiro atoms. The second kappa shape index (κ2) is 69.1. The van der Waals surface area contributed by atoms with E-state index in [4.69, 9.17) is 14.2 Å². The van der Waals surface area contributed by atoms with Crippen LogP contribution in [-0.4, -0.2) is 37.2 Å². The lowest BCUT2D eigenvalue weighted by Crippen LogP contribution is -2.30. The highest BCUT2D eigenvalue weighted by molar-refractivity contribution is 5.71. The summed E-state index contributed by atoms with van der Waals surface area (Å²) in [6.07, 6.45) is 91.7. The predicted molar refractivity (Wildman–Crippen MR) is 353 cm³/mol. The minimum absolute atomic E-state index is 0.0752. The molecule has 0 aromatic carbocycles. The van der Waals surface area contributed by atoms with Crippen LogP contribution in [0.5, 0.6) is 0 Å². The summed E-state index contributed by atoms with van der Waals surface area (Å²) in [6.45, 7) is 6.56. The summed E-state index contributed by atoms with van der Waals surface area (Å²) in [7, 11) is 0. The topological polar surface area (TPSA) is 78.9 Å². The molecule has 0 aliphatic rings. The summed E-state index contributed by atoms with van der Waals surface area (Å²) in [5, 5.41) is 0. The molecule has 0 rings (SSSR count). The fraction of sp³-hybridized carbons (Fsp3) is 0.773. The van der Waals surface area contributed by atoms with Gasteiger partial charge in [0.05, 0.1) is 0 Å². The summed E-state index contributed by atoms with van der Waals surface area (Å²) in [4.78, 5) is 38.4. The van der Waals surface area contributed by atoms with Crippen LogP contribution in [0.1, 0.15) is 355 Å². The van der Waals surface area contributed by atoms with Crippen molar-refractivity contribution in [1.29, 1.82) is 0 Å². The summed E-state index contributed by atoms with van der Waals surface area (Å²) >= 11 is 0. The van der Waals surface area contributed by atoms with Crippen LogP contribution in [0.2, 0.25) is 0 Å². The van der Waals surface area contributed by atoms with Crippen LogP contribution >= 0.6 is 0 Å². The molecule has 0 bridgehead atoms. The smallest absolute Gasteiger partial charge is 0.306 e. The molecule has 0 amide bonds. The SMILES string of the molecule is CC/C=C\C/C=C\C/C=C\C/C=C\C/C=C\CCCCCCCCCCCCCCCC(=O)OCC(COC(=O)CCCCCCCCCCCCCCCCCC)OC(=O)CCCCCCCCC/C=C\C/C=C\CCCCCC. The maximum absolute atomic E-state index is 12.9. The summed E-state index contributed by atoms with van der Waals surface area (Å²) < 4.78 is 17.0. The van der Waals surface area contributed by atoms with Gasteiger partial charge in [-0.2, -0.15) is 0 Å². The number of ether oxygens (including phenoxy) is 3. The molecule has 6 heteroatoms. The molecular formula is C75H132O6. The average molecular weight is 1130 g/mol. The van der Waals surface area contributed by atoms with E-state index in [0.717, 1.165) is 103 Å². The third-order valence-corrected chi connectivity index (χ3v) is 15.4. The first kappa shape index (κ1) is 77.6. The van der Waals surface area contributed by atoms with Crippen LogP contribution in [0.25, 0.3) is 0 Å². The zero-order chi connectivity index (χ0) is 58.5. The lowest BCUT2D eigenvalue weighted by Gasteiger charge is -2.18. The first-order chi connectivity index (χ1) is 40.0. The Labute approximate surface area is 503 Å². The van der Waals surface area contributed by atoms with E-state index in [1.165, 1.54) is 212 Å². The first-order valence-corrected chi connectivity index (χ1v) is 35.1. The Balaban J connectivity index is 4.28. The summed E-state index contributed by atoms with van der Waals surface area (Å²) in [6, 6.07) is 0. The van der Waals surface area contributed by atoms with Crippen molar-refractivity contribution in [2.45, 2.75) is 361 Å². The van der Waals surface area contributed by atoms with Crippen LogP contribution in [0, 0.1) is 0 Å². The van der Waals surface area contributed by atoms with Crippen molar-refractivity contribution in [1.82, 2.24) is 0 Å². The molecule has 0 aromatic heterocycles. The standard InChI is InChI=1S/C75H132O6/c1-4-7-10-13-16-19-22-25-28-31-33-34-35-36-37-38-39-40-41-42-43-45-47-50-53-56-59-62-65-68-74(77)80-71-72(70-79-73(76)67-64-61-58-55-52-49-46-30-27-24-21-18-15-12-9-6-3)81-75(78)69-66-63-60-57-54-51-48-44-32-29-26-23-20-17-14-11-8-5-2/h7,10,16,19-20,23,25,28-29,32-34,36-37,72H,4-6,8-9,11-15,17-18,21-22,24,26-27,30-31,35,38-71H2,1-3H3/b10-7-,19-16-,23-20-,28-25-,32-29-,34-33-,37-36-. The van der Waals surface area contributed by atoms with E-state index in [0.29, 0.717) is 19.3 Å². The number of hydrogen-bond acceptors (Lipinski definition) is 6. The monoisotopic (exact) mass is 1130 g/mol. The molecular weight excluding hydrogens is 997 g/mol. The van der Waals surface area contributed by atoms with Crippen molar-refractivity contribution in [3.63, 3.8) is 0 Å². The van der Waals surface area contributed by atoms with Gasteiger partial charge in [0.25, 0.3) is 0 Å². The van der Waals surface area contributed by atoms with Crippen molar-refractivity contribution in [2.24, 2.45) is 0 Å². The van der Waals surface area contributed by atoms with E-state index in [-0.39, 0.29) is 31.1 Å². The van der Waals surface area contributed by atoms with E-state index in [2.05, 4.69) is 106 Å². The zero-order valence-electron chi connectivity index (χ0n) is 53.8. The lowest BCUT2D eigenvalue weighted by atomic mass is 10.0. The van der Waals surface area contributed by atoms with Crippen molar-refractivity contribution < 1.29 is 28.6 Å². The molecule has 0 aliphatic carbocycles. The van der Waals surface area contributed by atoms with Crippen molar-refractivity contribution in [3.05, 3.63) is 85.1 Å². The first-order valence-electron chi connectivity index (χ1n) is 35.1. The van der Waals surface area contributed by atoms with E-state index in [9.17, 15) is 14.4 Å². The zero-order valence-corrected chi connectivity index (χ0v) is 53.8. The molecule has 0 saturated heterocycles. The molecule has 0 saturated carbocycles. The van der Waals surface area contributed by atoms with Crippen LogP contribution < -0.4 is 0 Å². The van der Waals surface area contributed by atoms with E-state index in [1.807, 2.05) is 0 Å². The van der Waals surface area contributed by atoms with Gasteiger partial charge in [0, 0.05) is 19.3 Å². The Bertz CT molecular complexity index is 1530. The molecule has 468 valence electrons. The largest absolute Gasteiger partial charge is 0.462 e. The number of rotatable bonds is 64. The molecule has 0 aliphatic heterocycles. The molecule has 0 heterocycles. The molecule has 0 fully saturated rings. The van der Waals surface area contributed by atoms with Gasteiger partial charge in [0.2, 0.25) is 0 Å².